The first kappa shape index (κ1) is 46.1. The fraction of sp³-hybridized carbons (Fsp3) is 0.0800. The molecule has 17 nitrogen and oxygen atoms in total. The molecule has 0 unspecified atom stereocenters. The zero-order valence-corrected chi connectivity index (χ0v) is 37.1. The summed E-state index contributed by atoms with van der Waals surface area (Å²) in [4.78, 5) is 8.71. The zero-order chi connectivity index (χ0) is 33.3. The Morgan fingerprint density at radius 2 is 1.35 bits per heavy atom. The number of aromatic carboxylic acids is 1. The van der Waals surface area contributed by atoms with Crippen LogP contribution in [0.2, 0.25) is 0 Å². The molecule has 23 heteroatoms. The third kappa shape index (κ3) is 11.0. The summed E-state index contributed by atoms with van der Waals surface area (Å²) in [6.45, 7) is -0.621. The average molecular weight is 794 g/mol. The minimum absolute atomic E-state index is 0. The molecule has 4 N–H and O–H groups in total. The number of carbonyl (C=O) groups is 1. The standard InChI is InChI=1S/C25H21N5O12S3.3K/c26-21-20-14(12-19(45(40,41)42)23(24(20)32)30-28-16-3-1-2-13(10-16)25(33)34)11-18(44(37,38)39)22(21)29-27-15-4-6-17(7-5-15)43(35,36)9-8-31;;;/h1-7,10-12,31-32H,8-9,26H2,(H,33,34)(H,37,38,39)(H,40,41,42);;;/q;3*+1/p-3. The summed E-state index contributed by atoms with van der Waals surface area (Å²) in [5, 5.41) is 47.1. The van der Waals surface area contributed by atoms with Crippen LogP contribution in [0.1, 0.15) is 10.4 Å². The van der Waals surface area contributed by atoms with Crippen LogP contribution in [0, 0.1) is 0 Å². The molecule has 0 amide bonds. The van der Waals surface area contributed by atoms with E-state index in [0.717, 1.165) is 18.2 Å². The summed E-state index contributed by atoms with van der Waals surface area (Å²) in [6.07, 6.45) is 0. The number of sulfone groups is 1. The number of benzene rings is 4. The smallest absolute Gasteiger partial charge is 0.870 e. The summed E-state index contributed by atoms with van der Waals surface area (Å²) >= 11 is 0. The van der Waals surface area contributed by atoms with Crippen molar-refractivity contribution in [3.63, 3.8) is 0 Å². The first-order chi connectivity index (χ1) is 20.9. The molecule has 4 aromatic carbocycles. The molecule has 0 spiro atoms. The summed E-state index contributed by atoms with van der Waals surface area (Å²) in [6, 6.07) is 10.5. The maximum atomic E-state index is 13.5. The van der Waals surface area contributed by atoms with E-state index in [0.29, 0.717) is 12.1 Å². The molecular weight excluding hydrogens is 776 g/mol. The van der Waals surface area contributed by atoms with Crippen LogP contribution < -0.4 is 170 Å². The molecule has 0 aliphatic carbocycles. The van der Waals surface area contributed by atoms with E-state index in [4.69, 9.17) is 10.8 Å². The van der Waals surface area contributed by atoms with Crippen molar-refractivity contribution >= 4 is 75.3 Å². The molecule has 0 atom stereocenters. The fourth-order valence-electron chi connectivity index (χ4n) is 3.95. The van der Waals surface area contributed by atoms with Crippen LogP contribution in [-0.2, 0) is 30.1 Å². The molecule has 0 heterocycles. The number of rotatable bonds is 10. The Balaban J connectivity index is 0.00000384. The Kier molecular flexibility index (Phi) is 17.9. The van der Waals surface area contributed by atoms with Gasteiger partial charge in [-0.25, -0.2) is 16.8 Å². The number of carbonyl (C=O) groups excluding carboxylic acids is 1. The van der Waals surface area contributed by atoms with Gasteiger partial charge in [0.15, 0.2) is 9.84 Å². The Morgan fingerprint density at radius 1 is 0.792 bits per heavy atom. The van der Waals surface area contributed by atoms with Gasteiger partial charge in [0.25, 0.3) is 10.1 Å². The van der Waals surface area contributed by atoms with Gasteiger partial charge in [-0.1, -0.05) is 17.9 Å². The summed E-state index contributed by atoms with van der Waals surface area (Å²) in [7, 11) is -14.4. The molecule has 0 radical (unpaired) electrons. The molecule has 0 aliphatic heterocycles. The predicted molar refractivity (Wildman–Crippen MR) is 150 cm³/mol. The van der Waals surface area contributed by atoms with E-state index >= 15 is 0 Å². The van der Waals surface area contributed by atoms with E-state index < -0.39 is 91.8 Å². The van der Waals surface area contributed by atoms with Crippen LogP contribution >= 0.6 is 0 Å². The van der Waals surface area contributed by atoms with E-state index in [2.05, 4.69) is 20.5 Å². The van der Waals surface area contributed by atoms with Gasteiger partial charge in [-0.15, -0.1) is 10.2 Å². The number of aliphatic hydroxyl groups excluding tert-OH is 1. The number of carboxylic acids is 1. The molecular formula is C25H18K3N5O12S3. The van der Waals surface area contributed by atoms with E-state index in [9.17, 15) is 49.4 Å². The number of carboxylic acid groups (broad SMARTS) is 1. The van der Waals surface area contributed by atoms with Crippen molar-refractivity contribution in [3.05, 3.63) is 66.2 Å². The maximum absolute atomic E-state index is 13.5. The van der Waals surface area contributed by atoms with Gasteiger partial charge in [0.05, 0.1) is 50.9 Å². The summed E-state index contributed by atoms with van der Waals surface area (Å²) in [5.74, 6) is -3.42. The van der Waals surface area contributed by atoms with Crippen molar-refractivity contribution in [3.8, 4) is 5.75 Å². The molecule has 0 aliphatic rings. The maximum Gasteiger partial charge on any atom is 1.00 e. The first-order valence-electron chi connectivity index (χ1n) is 12.1. The number of anilines is 1. The molecule has 0 fully saturated rings. The SMILES string of the molecule is Nc1c(N=Nc2ccc(S(=O)(=O)CCO)cc2)c(S(=O)(=O)[O-])cc2cc(S(=O)(=O)O)c(N=Nc3cccc(C(=O)[O-])c3)c([O-])c12.[K+].[K+].[K+]. The van der Waals surface area contributed by atoms with E-state index in [1.807, 2.05) is 0 Å². The minimum atomic E-state index is -5.41. The normalized spacial score (nSPS) is 12.0. The average Bonchev–Trinajstić information content (AvgIpc) is 2.95. The van der Waals surface area contributed by atoms with Crippen LogP contribution in [0.5, 0.6) is 5.75 Å². The van der Waals surface area contributed by atoms with Crippen molar-refractivity contribution in [2.45, 2.75) is 14.7 Å². The summed E-state index contributed by atoms with van der Waals surface area (Å²) in [5.41, 5.74) is 2.95. The Labute approximate surface area is 401 Å². The second kappa shape index (κ2) is 18.7. The van der Waals surface area contributed by atoms with Gasteiger partial charge in [0.2, 0.25) is 0 Å². The molecule has 48 heavy (non-hydrogen) atoms. The Bertz CT molecular complexity index is 2250. The largest absolute Gasteiger partial charge is 1.00 e. The topological polar surface area (TPSA) is 305 Å². The molecule has 0 bridgehead atoms. The van der Waals surface area contributed by atoms with Crippen LogP contribution in [0.4, 0.5) is 28.4 Å². The number of nitrogens with two attached hydrogens (primary N) is 1. The minimum Gasteiger partial charge on any atom is -0.870 e. The number of nitrogen functional groups attached to an aromatic ring is 1. The number of hydrogen-bond donors (Lipinski definition) is 3. The third-order valence-corrected chi connectivity index (χ3v) is 9.44. The molecule has 4 aromatic rings. The number of fused-ring (bicyclic) bond motifs is 1. The number of aliphatic hydroxyl groups is 1. The quantitative estimate of drug-likeness (QED) is 0.0583. The Morgan fingerprint density at radius 3 is 1.90 bits per heavy atom. The zero-order valence-electron chi connectivity index (χ0n) is 25.3. The van der Waals surface area contributed by atoms with Gasteiger partial charge in [-0.2, -0.15) is 18.6 Å². The second-order valence-corrected chi connectivity index (χ2v) is 13.8. The van der Waals surface area contributed by atoms with Gasteiger partial charge < -0.3 is 30.4 Å². The van der Waals surface area contributed by atoms with Crippen LogP contribution in [-0.4, -0.2) is 57.8 Å². The molecule has 236 valence electrons. The van der Waals surface area contributed by atoms with Crippen molar-refractivity contribution in [2.24, 2.45) is 20.5 Å². The van der Waals surface area contributed by atoms with Crippen LogP contribution in [0.15, 0.2) is 95.8 Å². The van der Waals surface area contributed by atoms with Crippen molar-refractivity contribution in [1.29, 1.82) is 0 Å². The third-order valence-electron chi connectivity index (χ3n) is 6.01. The first-order valence-corrected chi connectivity index (χ1v) is 16.6. The molecule has 4 rings (SSSR count). The van der Waals surface area contributed by atoms with Crippen molar-refractivity contribution in [1.82, 2.24) is 0 Å². The molecule has 0 saturated carbocycles. The van der Waals surface area contributed by atoms with Crippen molar-refractivity contribution in [2.75, 3.05) is 18.1 Å². The molecule has 0 saturated heterocycles. The van der Waals surface area contributed by atoms with Crippen LogP contribution in [0.25, 0.3) is 10.8 Å². The van der Waals surface area contributed by atoms with Crippen LogP contribution in [0.3, 0.4) is 0 Å². The van der Waals surface area contributed by atoms with E-state index in [1.165, 1.54) is 30.3 Å². The number of azo groups is 2. The number of hydrogen-bond acceptors (Lipinski definition) is 16. The van der Waals surface area contributed by atoms with E-state index in [-0.39, 0.29) is 176 Å². The van der Waals surface area contributed by atoms with Gasteiger partial charge in [0, 0.05) is 5.39 Å². The monoisotopic (exact) mass is 793 g/mol. The fourth-order valence-corrected chi connectivity index (χ4v) is 6.29. The second-order valence-electron chi connectivity index (χ2n) is 8.99. The van der Waals surface area contributed by atoms with Crippen molar-refractivity contribution < 1.29 is 209 Å². The van der Waals surface area contributed by atoms with E-state index in [1.54, 1.807) is 0 Å². The Hall–Kier alpha value is 0.0491. The van der Waals surface area contributed by atoms with Gasteiger partial charge in [0.1, 0.15) is 20.7 Å². The van der Waals surface area contributed by atoms with Gasteiger partial charge in [-0.3, -0.25) is 4.55 Å². The predicted octanol–water partition coefficient (Wildman–Crippen LogP) is -7.38. The number of nitrogens with zero attached hydrogens (tertiary/aromatic N) is 4. The summed E-state index contributed by atoms with van der Waals surface area (Å²) < 4.78 is 94.7. The molecule has 0 aromatic heterocycles. The van der Waals surface area contributed by atoms with Gasteiger partial charge in [-0.05, 0) is 59.5 Å². The van der Waals surface area contributed by atoms with Gasteiger partial charge >= 0.3 is 154 Å².